The number of benzene rings is 2. The molecule has 176 valence electrons. The lowest BCUT2D eigenvalue weighted by Gasteiger charge is -2.20. The minimum atomic E-state index is -3.13. The Kier molecular flexibility index (Phi) is 7.20. The summed E-state index contributed by atoms with van der Waals surface area (Å²) < 4.78 is 34.4. The molecule has 1 amide bonds. The summed E-state index contributed by atoms with van der Waals surface area (Å²) in [5.41, 5.74) is 1.56. The first kappa shape index (κ1) is 24.2. The van der Waals surface area contributed by atoms with Crippen LogP contribution < -0.4 is 9.47 Å². The van der Waals surface area contributed by atoms with Crippen LogP contribution in [0, 0.1) is 0 Å². The van der Waals surface area contributed by atoms with Crippen LogP contribution in [0.4, 0.5) is 0 Å². The summed E-state index contributed by atoms with van der Waals surface area (Å²) in [6, 6.07) is 13.6. The highest BCUT2D eigenvalue weighted by atomic mass is 32.2. The highest BCUT2D eigenvalue weighted by Gasteiger charge is 2.42. The van der Waals surface area contributed by atoms with Crippen molar-refractivity contribution in [2.45, 2.75) is 12.5 Å². The number of sulfone groups is 1. The highest BCUT2D eigenvalue weighted by molar-refractivity contribution is 8.26. The van der Waals surface area contributed by atoms with Crippen LogP contribution in [0.1, 0.15) is 17.5 Å². The number of carbonyl (C=O) groups is 2. The number of carbonyl (C=O) groups excluding carboxylic acids is 2. The van der Waals surface area contributed by atoms with Gasteiger partial charge < -0.3 is 9.47 Å². The first-order chi connectivity index (χ1) is 16.2. The number of hydrogen-bond acceptors (Lipinski definition) is 8. The van der Waals surface area contributed by atoms with E-state index < -0.39 is 21.8 Å². The largest absolute Gasteiger partial charge is 0.497 e. The van der Waals surface area contributed by atoms with Crippen molar-refractivity contribution < 1.29 is 27.5 Å². The van der Waals surface area contributed by atoms with E-state index in [-0.39, 0.29) is 17.4 Å². The molecule has 34 heavy (non-hydrogen) atoms. The SMILES string of the molecule is COc1ccc(/C=C/C(=O)Oc2ccc(/C=C3\SC(=S)N(C4CCS(=O)(=O)C4)C3=O)cc2)cc1. The minimum Gasteiger partial charge on any atom is -0.497 e. The number of methoxy groups -OCH3 is 1. The maximum Gasteiger partial charge on any atom is 0.336 e. The molecule has 1 atom stereocenters. The Morgan fingerprint density at radius 3 is 2.35 bits per heavy atom. The van der Waals surface area contributed by atoms with Crippen molar-refractivity contribution in [2.24, 2.45) is 0 Å². The van der Waals surface area contributed by atoms with Crippen LogP contribution in [0.5, 0.6) is 11.5 Å². The Bertz CT molecular complexity index is 1280. The summed E-state index contributed by atoms with van der Waals surface area (Å²) in [4.78, 5) is 26.8. The molecule has 2 aromatic rings. The number of hydrogen-bond donors (Lipinski definition) is 0. The topological polar surface area (TPSA) is 90.0 Å². The molecule has 1 unspecified atom stereocenters. The van der Waals surface area contributed by atoms with Gasteiger partial charge in [0, 0.05) is 6.08 Å². The second-order valence-electron chi connectivity index (χ2n) is 7.71. The van der Waals surface area contributed by atoms with Gasteiger partial charge in [-0.25, -0.2) is 13.2 Å². The monoisotopic (exact) mass is 515 g/mol. The van der Waals surface area contributed by atoms with Crippen molar-refractivity contribution in [3.8, 4) is 11.5 Å². The van der Waals surface area contributed by atoms with Crippen molar-refractivity contribution >= 4 is 62.2 Å². The summed E-state index contributed by atoms with van der Waals surface area (Å²) in [5.74, 6) is 0.314. The van der Waals surface area contributed by atoms with E-state index >= 15 is 0 Å². The van der Waals surface area contributed by atoms with Gasteiger partial charge >= 0.3 is 5.97 Å². The normalized spacial score (nSPS) is 20.9. The Hall–Kier alpha value is -2.95. The highest BCUT2D eigenvalue weighted by Crippen LogP contribution is 2.36. The van der Waals surface area contributed by atoms with Crippen molar-refractivity contribution in [3.05, 3.63) is 70.6 Å². The Morgan fingerprint density at radius 1 is 1.09 bits per heavy atom. The molecule has 2 aliphatic heterocycles. The molecule has 10 heteroatoms. The lowest BCUT2D eigenvalue weighted by atomic mass is 10.2. The van der Waals surface area contributed by atoms with Crippen LogP contribution in [0.2, 0.25) is 0 Å². The number of thioether (sulfide) groups is 1. The number of esters is 1. The van der Waals surface area contributed by atoms with Gasteiger partial charge in [0.05, 0.1) is 29.6 Å². The van der Waals surface area contributed by atoms with Crippen LogP contribution in [0.25, 0.3) is 12.2 Å². The lowest BCUT2D eigenvalue weighted by molar-refractivity contribution is -0.129. The van der Waals surface area contributed by atoms with Crippen LogP contribution in [-0.4, -0.2) is 54.2 Å². The van der Waals surface area contributed by atoms with E-state index in [2.05, 4.69) is 0 Å². The minimum absolute atomic E-state index is 0.0559. The maximum atomic E-state index is 12.8. The van der Waals surface area contributed by atoms with Gasteiger partial charge in [-0.2, -0.15) is 0 Å². The second kappa shape index (κ2) is 10.1. The lowest BCUT2D eigenvalue weighted by Crippen LogP contribution is -2.39. The quantitative estimate of drug-likeness (QED) is 0.249. The molecule has 2 aliphatic rings. The Balaban J connectivity index is 1.37. The van der Waals surface area contributed by atoms with Gasteiger partial charge in [0.15, 0.2) is 9.84 Å². The molecule has 0 radical (unpaired) electrons. The maximum absolute atomic E-state index is 12.8. The summed E-state index contributed by atoms with van der Waals surface area (Å²) in [7, 11) is -1.54. The molecule has 0 aliphatic carbocycles. The van der Waals surface area contributed by atoms with E-state index in [0.717, 1.165) is 28.6 Å². The molecule has 0 bridgehead atoms. The van der Waals surface area contributed by atoms with Crippen molar-refractivity contribution in [2.75, 3.05) is 18.6 Å². The number of thiocarbonyl (C=S) groups is 1. The van der Waals surface area contributed by atoms with Crippen LogP contribution in [0.15, 0.2) is 59.5 Å². The molecule has 0 N–H and O–H groups in total. The number of rotatable bonds is 6. The summed E-state index contributed by atoms with van der Waals surface area (Å²) in [5, 5.41) is 0. The predicted molar refractivity (Wildman–Crippen MR) is 136 cm³/mol. The standard InChI is InChI=1S/C24H21NO6S3/c1-30-19-7-2-16(3-8-19)6-11-22(26)31-20-9-4-17(5-10-20)14-21-23(27)25(24(32)33-21)18-12-13-34(28,29)15-18/h2-11,14,18H,12-13,15H2,1H3/b11-6+,21-14-. The summed E-state index contributed by atoms with van der Waals surface area (Å²) in [6.07, 6.45) is 5.07. The van der Waals surface area contributed by atoms with Gasteiger partial charge in [-0.05, 0) is 54.0 Å². The van der Waals surface area contributed by atoms with E-state index in [1.165, 1.54) is 11.0 Å². The van der Waals surface area contributed by atoms with Gasteiger partial charge in [0.1, 0.15) is 15.8 Å². The molecule has 0 aromatic heterocycles. The van der Waals surface area contributed by atoms with Gasteiger partial charge in [-0.3, -0.25) is 9.69 Å². The first-order valence-electron chi connectivity index (χ1n) is 10.4. The van der Waals surface area contributed by atoms with E-state index in [1.54, 1.807) is 55.7 Å². The average Bonchev–Trinajstić information content (AvgIpc) is 3.31. The molecule has 2 heterocycles. The summed E-state index contributed by atoms with van der Waals surface area (Å²) in [6.45, 7) is 0. The second-order valence-corrected chi connectivity index (χ2v) is 11.6. The summed E-state index contributed by atoms with van der Waals surface area (Å²) >= 11 is 6.48. The Morgan fingerprint density at radius 2 is 1.74 bits per heavy atom. The molecule has 2 aromatic carbocycles. The fraction of sp³-hybridized carbons (Fsp3) is 0.208. The zero-order chi connectivity index (χ0) is 24.3. The molecule has 0 spiro atoms. The molecule has 2 saturated heterocycles. The van der Waals surface area contributed by atoms with E-state index in [0.29, 0.717) is 21.4 Å². The van der Waals surface area contributed by atoms with Gasteiger partial charge in [0.25, 0.3) is 5.91 Å². The van der Waals surface area contributed by atoms with Gasteiger partial charge in [-0.1, -0.05) is 48.2 Å². The van der Waals surface area contributed by atoms with Crippen molar-refractivity contribution in [3.63, 3.8) is 0 Å². The average molecular weight is 516 g/mol. The zero-order valence-corrected chi connectivity index (χ0v) is 20.6. The molecule has 7 nitrogen and oxygen atoms in total. The van der Waals surface area contributed by atoms with E-state index in [4.69, 9.17) is 21.7 Å². The van der Waals surface area contributed by atoms with Crippen LogP contribution in [0.3, 0.4) is 0 Å². The van der Waals surface area contributed by atoms with Gasteiger partial charge in [0.2, 0.25) is 0 Å². The molecule has 0 saturated carbocycles. The van der Waals surface area contributed by atoms with Crippen molar-refractivity contribution in [1.29, 1.82) is 0 Å². The molecular formula is C24H21NO6S3. The van der Waals surface area contributed by atoms with E-state index in [9.17, 15) is 18.0 Å². The Labute approximate surface area is 207 Å². The third kappa shape index (κ3) is 5.75. The van der Waals surface area contributed by atoms with Crippen LogP contribution in [-0.2, 0) is 19.4 Å². The van der Waals surface area contributed by atoms with Crippen molar-refractivity contribution in [1.82, 2.24) is 4.90 Å². The van der Waals surface area contributed by atoms with E-state index in [1.807, 2.05) is 12.1 Å². The molecule has 2 fully saturated rings. The third-order valence-corrected chi connectivity index (χ3v) is 8.40. The zero-order valence-electron chi connectivity index (χ0n) is 18.2. The molecule has 4 rings (SSSR count). The molecular weight excluding hydrogens is 494 g/mol. The fourth-order valence-electron chi connectivity index (χ4n) is 3.59. The number of nitrogens with zero attached hydrogens (tertiary/aromatic N) is 1. The van der Waals surface area contributed by atoms with Gasteiger partial charge in [-0.15, -0.1) is 0 Å². The predicted octanol–water partition coefficient (Wildman–Crippen LogP) is 3.70. The number of amides is 1. The third-order valence-electron chi connectivity index (χ3n) is 5.32. The first-order valence-corrected chi connectivity index (χ1v) is 13.4. The fourth-order valence-corrected chi connectivity index (χ4v) is 6.69. The smallest absolute Gasteiger partial charge is 0.336 e. The number of ether oxygens (including phenoxy) is 2. The van der Waals surface area contributed by atoms with Crippen LogP contribution >= 0.6 is 24.0 Å².